The minimum Gasteiger partial charge on any atom is -0.355 e. The average Bonchev–Trinajstić information content (AvgIpc) is 3.17. The SMILES string of the molecule is CC(=O)c1c(C)[nH]c(C(=O)CSc2nnnn2-c2ccc(Cl)cc2)c1C. The van der Waals surface area contributed by atoms with Gasteiger partial charge in [0.05, 0.1) is 17.1 Å². The third-order valence-electron chi connectivity index (χ3n) is 3.91. The first kappa shape index (κ1) is 18.3. The molecule has 3 rings (SSSR count). The predicted molar refractivity (Wildman–Crippen MR) is 99.5 cm³/mol. The van der Waals surface area contributed by atoms with Gasteiger partial charge < -0.3 is 4.98 Å². The molecule has 134 valence electrons. The summed E-state index contributed by atoms with van der Waals surface area (Å²) in [7, 11) is 0. The molecule has 7 nitrogen and oxygen atoms in total. The fourth-order valence-electron chi connectivity index (χ4n) is 2.77. The molecular weight excluding hydrogens is 374 g/mol. The minimum atomic E-state index is -0.117. The minimum absolute atomic E-state index is 0.0605. The van der Waals surface area contributed by atoms with Crippen LogP contribution in [0.15, 0.2) is 29.4 Å². The van der Waals surface area contributed by atoms with Crippen LogP contribution < -0.4 is 0 Å². The lowest BCUT2D eigenvalue weighted by Crippen LogP contribution is -2.07. The summed E-state index contributed by atoms with van der Waals surface area (Å²) in [6.07, 6.45) is 0. The summed E-state index contributed by atoms with van der Waals surface area (Å²) in [6.45, 7) is 5.05. The molecule has 0 unspecified atom stereocenters. The molecule has 2 heterocycles. The van der Waals surface area contributed by atoms with Gasteiger partial charge in [0.25, 0.3) is 0 Å². The highest BCUT2D eigenvalue weighted by Crippen LogP contribution is 2.23. The van der Waals surface area contributed by atoms with Crippen LogP contribution in [-0.2, 0) is 0 Å². The monoisotopic (exact) mass is 389 g/mol. The maximum atomic E-state index is 12.6. The summed E-state index contributed by atoms with van der Waals surface area (Å²) in [5.41, 5.74) is 3.16. The zero-order chi connectivity index (χ0) is 18.8. The molecule has 0 aliphatic rings. The third kappa shape index (κ3) is 3.56. The Morgan fingerprint density at radius 3 is 2.54 bits per heavy atom. The van der Waals surface area contributed by atoms with Gasteiger partial charge in [-0.1, -0.05) is 23.4 Å². The molecular formula is C17H16ClN5O2S. The highest BCUT2D eigenvalue weighted by molar-refractivity contribution is 7.99. The lowest BCUT2D eigenvalue weighted by Gasteiger charge is -2.04. The quantitative estimate of drug-likeness (QED) is 0.512. The molecule has 0 fully saturated rings. The Morgan fingerprint density at radius 1 is 1.23 bits per heavy atom. The van der Waals surface area contributed by atoms with Crippen LogP contribution >= 0.6 is 23.4 Å². The molecule has 2 aromatic heterocycles. The van der Waals surface area contributed by atoms with E-state index in [0.29, 0.717) is 32.7 Å². The van der Waals surface area contributed by atoms with Crippen LogP contribution in [0.5, 0.6) is 0 Å². The van der Waals surface area contributed by atoms with E-state index in [9.17, 15) is 9.59 Å². The number of thioether (sulfide) groups is 1. The molecule has 0 amide bonds. The van der Waals surface area contributed by atoms with Crippen molar-refractivity contribution in [3.05, 3.63) is 51.8 Å². The number of hydrogen-bond acceptors (Lipinski definition) is 6. The molecule has 0 saturated carbocycles. The maximum Gasteiger partial charge on any atom is 0.214 e. The number of ketones is 2. The maximum absolute atomic E-state index is 12.6. The van der Waals surface area contributed by atoms with Gasteiger partial charge in [0.15, 0.2) is 11.6 Å². The normalized spacial score (nSPS) is 10.9. The molecule has 3 aromatic rings. The zero-order valence-corrected chi connectivity index (χ0v) is 16.0. The molecule has 0 atom stereocenters. The summed E-state index contributed by atoms with van der Waals surface area (Å²) in [4.78, 5) is 27.3. The van der Waals surface area contributed by atoms with Crippen molar-refractivity contribution in [2.45, 2.75) is 25.9 Å². The van der Waals surface area contributed by atoms with Gasteiger partial charge in [0.1, 0.15) is 0 Å². The molecule has 1 N–H and O–H groups in total. The van der Waals surface area contributed by atoms with Crippen molar-refractivity contribution >= 4 is 34.9 Å². The highest BCUT2D eigenvalue weighted by Gasteiger charge is 2.20. The van der Waals surface area contributed by atoms with E-state index < -0.39 is 0 Å². The van der Waals surface area contributed by atoms with Crippen LogP contribution in [0.2, 0.25) is 5.02 Å². The Hall–Kier alpha value is -2.45. The molecule has 26 heavy (non-hydrogen) atoms. The van der Waals surface area contributed by atoms with Gasteiger partial charge in [0, 0.05) is 16.3 Å². The lowest BCUT2D eigenvalue weighted by molar-refractivity contribution is 0.101. The summed E-state index contributed by atoms with van der Waals surface area (Å²) in [5, 5.41) is 12.7. The van der Waals surface area contributed by atoms with Crippen molar-refractivity contribution in [3.63, 3.8) is 0 Å². The van der Waals surface area contributed by atoms with Crippen LogP contribution in [0.25, 0.3) is 5.69 Å². The van der Waals surface area contributed by atoms with Crippen molar-refractivity contribution in [1.82, 2.24) is 25.2 Å². The molecule has 0 aliphatic carbocycles. The number of halogens is 1. The molecule has 1 aromatic carbocycles. The van der Waals surface area contributed by atoms with Crippen molar-refractivity contribution < 1.29 is 9.59 Å². The number of aromatic nitrogens is 5. The Bertz CT molecular complexity index is 978. The van der Waals surface area contributed by atoms with Crippen LogP contribution in [-0.4, -0.2) is 42.5 Å². The van der Waals surface area contributed by atoms with Crippen LogP contribution in [0, 0.1) is 13.8 Å². The summed E-state index contributed by atoms with van der Waals surface area (Å²) >= 11 is 7.12. The Morgan fingerprint density at radius 2 is 1.92 bits per heavy atom. The molecule has 0 radical (unpaired) electrons. The standard InChI is InChI=1S/C17H16ClN5O2S/c1-9-15(11(3)24)10(2)19-16(9)14(25)8-26-17-20-21-22-23(17)13-6-4-12(18)5-7-13/h4-7,19H,8H2,1-3H3. The van der Waals surface area contributed by atoms with E-state index in [1.165, 1.54) is 18.7 Å². The van der Waals surface area contributed by atoms with Gasteiger partial charge in [-0.3, -0.25) is 9.59 Å². The number of tetrazole rings is 1. The van der Waals surface area contributed by atoms with Gasteiger partial charge >= 0.3 is 0 Å². The second-order valence-corrected chi connectivity index (χ2v) is 7.12. The van der Waals surface area contributed by atoms with Gasteiger partial charge in [-0.2, -0.15) is 4.68 Å². The number of nitrogens with one attached hydrogen (secondary N) is 1. The van der Waals surface area contributed by atoms with Crippen molar-refractivity contribution in [2.75, 3.05) is 5.75 Å². The average molecular weight is 390 g/mol. The number of aromatic amines is 1. The van der Waals surface area contributed by atoms with Crippen molar-refractivity contribution in [3.8, 4) is 5.69 Å². The third-order valence-corrected chi connectivity index (χ3v) is 5.08. The number of benzene rings is 1. The number of H-pyrrole nitrogens is 1. The van der Waals surface area contributed by atoms with E-state index in [2.05, 4.69) is 20.5 Å². The Kier molecular flexibility index (Phi) is 5.24. The highest BCUT2D eigenvalue weighted by atomic mass is 35.5. The molecule has 0 aliphatic heterocycles. The fraction of sp³-hybridized carbons (Fsp3) is 0.235. The van der Waals surface area contributed by atoms with E-state index in [0.717, 1.165) is 5.69 Å². The smallest absolute Gasteiger partial charge is 0.214 e. The number of Topliss-reactive ketones (excluding diaryl/α,β-unsaturated/α-hetero) is 2. The van der Waals surface area contributed by atoms with Crippen LogP contribution in [0.1, 0.15) is 39.0 Å². The summed E-state index contributed by atoms with van der Waals surface area (Å²) in [6, 6.07) is 7.07. The first-order chi connectivity index (χ1) is 12.4. The zero-order valence-electron chi connectivity index (χ0n) is 14.4. The van der Waals surface area contributed by atoms with E-state index >= 15 is 0 Å². The van der Waals surface area contributed by atoms with E-state index in [4.69, 9.17) is 11.6 Å². The molecule has 0 saturated heterocycles. The van der Waals surface area contributed by atoms with Gasteiger partial charge in [-0.25, -0.2) is 0 Å². The van der Waals surface area contributed by atoms with Gasteiger partial charge in [0.2, 0.25) is 5.16 Å². The second kappa shape index (κ2) is 7.43. The van der Waals surface area contributed by atoms with Gasteiger partial charge in [-0.15, -0.1) is 5.10 Å². The second-order valence-electron chi connectivity index (χ2n) is 5.74. The fourth-order valence-corrected chi connectivity index (χ4v) is 3.66. The molecule has 0 bridgehead atoms. The number of nitrogens with zero attached hydrogens (tertiary/aromatic N) is 4. The van der Waals surface area contributed by atoms with E-state index in [1.54, 1.807) is 42.8 Å². The van der Waals surface area contributed by atoms with E-state index in [-0.39, 0.29) is 17.3 Å². The van der Waals surface area contributed by atoms with Gasteiger partial charge in [-0.05, 0) is 61.0 Å². The van der Waals surface area contributed by atoms with Crippen LogP contribution in [0.4, 0.5) is 0 Å². The lowest BCUT2D eigenvalue weighted by atomic mass is 10.1. The summed E-state index contributed by atoms with van der Waals surface area (Å²) in [5.74, 6) is -0.0325. The van der Waals surface area contributed by atoms with E-state index in [1.807, 2.05) is 0 Å². The molecule has 9 heteroatoms. The first-order valence-electron chi connectivity index (χ1n) is 7.79. The number of rotatable bonds is 6. The number of aryl methyl sites for hydroxylation is 1. The van der Waals surface area contributed by atoms with Crippen molar-refractivity contribution in [1.29, 1.82) is 0 Å². The van der Waals surface area contributed by atoms with Crippen LogP contribution in [0.3, 0.4) is 0 Å². The number of hydrogen-bond donors (Lipinski definition) is 1. The first-order valence-corrected chi connectivity index (χ1v) is 9.15. The van der Waals surface area contributed by atoms with Crippen molar-refractivity contribution in [2.24, 2.45) is 0 Å². The molecule has 0 spiro atoms. The Balaban J connectivity index is 1.77. The topological polar surface area (TPSA) is 93.5 Å². The number of carbonyl (C=O) groups excluding carboxylic acids is 2. The Labute approximate surface area is 159 Å². The summed E-state index contributed by atoms with van der Waals surface area (Å²) < 4.78 is 1.54. The predicted octanol–water partition coefficient (Wildman–Crippen LogP) is 3.44. The largest absolute Gasteiger partial charge is 0.355 e. The number of carbonyl (C=O) groups is 2.